The van der Waals surface area contributed by atoms with Gasteiger partial charge in [0.2, 0.25) is 0 Å². The van der Waals surface area contributed by atoms with E-state index < -0.39 is 0 Å². The highest BCUT2D eigenvalue weighted by Gasteiger charge is 2.17. The van der Waals surface area contributed by atoms with Crippen LogP contribution in [0.5, 0.6) is 0 Å². The van der Waals surface area contributed by atoms with Gasteiger partial charge in [-0.1, -0.05) is 0 Å². The van der Waals surface area contributed by atoms with Crippen molar-refractivity contribution in [2.45, 2.75) is 18.9 Å². The maximum atomic E-state index is 11.1. The van der Waals surface area contributed by atoms with Crippen LogP contribution in [0.1, 0.15) is 12.8 Å². The molecule has 1 unspecified atom stereocenters. The summed E-state index contributed by atoms with van der Waals surface area (Å²) in [4.78, 5) is 12.5. The first-order valence-electron chi connectivity index (χ1n) is 4.29. The van der Waals surface area contributed by atoms with Crippen molar-refractivity contribution in [1.82, 2.24) is 10.2 Å². The lowest BCUT2D eigenvalue weighted by atomic mass is 10.1. The Balaban J connectivity index is 0.00000144. The van der Waals surface area contributed by atoms with Crippen LogP contribution in [0.2, 0.25) is 0 Å². The Kier molecular flexibility index (Phi) is 5.82. The third kappa shape index (κ3) is 4.33. The number of nitrogens with one attached hydrogen (secondary N) is 1. The lowest BCUT2D eigenvalue weighted by Crippen LogP contribution is -2.38. The van der Waals surface area contributed by atoms with Crippen molar-refractivity contribution in [2.75, 3.05) is 27.2 Å². The second kappa shape index (κ2) is 6.05. The number of rotatable bonds is 1. The quantitative estimate of drug-likeness (QED) is 0.695. The van der Waals surface area contributed by atoms with Gasteiger partial charge in [0.1, 0.15) is 6.10 Å². The smallest absolute Gasteiger partial charge is 0.409 e. The Morgan fingerprint density at radius 3 is 2.69 bits per heavy atom. The van der Waals surface area contributed by atoms with E-state index in [0.29, 0.717) is 0 Å². The number of carbonyl (C=O) groups is 1. The fourth-order valence-electron chi connectivity index (χ4n) is 1.17. The Morgan fingerprint density at radius 2 is 2.23 bits per heavy atom. The summed E-state index contributed by atoms with van der Waals surface area (Å²) in [5, 5.41) is 3.18. The summed E-state index contributed by atoms with van der Waals surface area (Å²) in [7, 11) is 3.39. The molecule has 0 aliphatic carbocycles. The van der Waals surface area contributed by atoms with Crippen LogP contribution in [-0.2, 0) is 4.74 Å². The van der Waals surface area contributed by atoms with Crippen molar-refractivity contribution < 1.29 is 9.53 Å². The zero-order chi connectivity index (χ0) is 8.97. The van der Waals surface area contributed by atoms with Gasteiger partial charge in [-0.2, -0.15) is 0 Å². The zero-order valence-corrected chi connectivity index (χ0v) is 8.89. The van der Waals surface area contributed by atoms with Gasteiger partial charge in [0.05, 0.1) is 0 Å². The van der Waals surface area contributed by atoms with Crippen molar-refractivity contribution in [2.24, 2.45) is 0 Å². The SMILES string of the molecule is CN(C)C(=O)OC1CCCNC1.Cl. The van der Waals surface area contributed by atoms with Crippen molar-refractivity contribution in [3.05, 3.63) is 0 Å². The second-order valence-electron chi connectivity index (χ2n) is 3.25. The van der Waals surface area contributed by atoms with E-state index in [2.05, 4.69) is 5.32 Å². The molecule has 0 spiro atoms. The molecule has 4 nitrogen and oxygen atoms in total. The maximum absolute atomic E-state index is 11.1. The van der Waals surface area contributed by atoms with Gasteiger partial charge >= 0.3 is 6.09 Å². The summed E-state index contributed by atoms with van der Waals surface area (Å²) in [5.41, 5.74) is 0. The fourth-order valence-corrected chi connectivity index (χ4v) is 1.17. The normalized spacial score (nSPS) is 21.5. The third-order valence-corrected chi connectivity index (χ3v) is 1.88. The summed E-state index contributed by atoms with van der Waals surface area (Å²) in [6.45, 7) is 1.83. The third-order valence-electron chi connectivity index (χ3n) is 1.88. The Bertz CT molecular complexity index is 158. The number of halogens is 1. The minimum Gasteiger partial charge on any atom is -0.445 e. The monoisotopic (exact) mass is 208 g/mol. The Hall–Kier alpha value is -0.480. The minimum atomic E-state index is -0.247. The number of nitrogens with zero attached hydrogens (tertiary/aromatic N) is 1. The van der Waals surface area contributed by atoms with Crippen molar-refractivity contribution >= 4 is 18.5 Å². The highest BCUT2D eigenvalue weighted by molar-refractivity contribution is 5.85. The molecule has 1 amide bonds. The summed E-state index contributed by atoms with van der Waals surface area (Å²) in [5.74, 6) is 0. The van der Waals surface area contributed by atoms with Gasteiger partial charge in [-0.05, 0) is 19.4 Å². The van der Waals surface area contributed by atoms with Crippen LogP contribution >= 0.6 is 12.4 Å². The van der Waals surface area contributed by atoms with Crippen molar-refractivity contribution in [3.8, 4) is 0 Å². The summed E-state index contributed by atoms with van der Waals surface area (Å²) >= 11 is 0. The average molecular weight is 209 g/mol. The lowest BCUT2D eigenvalue weighted by molar-refractivity contribution is 0.0622. The van der Waals surface area contributed by atoms with E-state index in [-0.39, 0.29) is 24.6 Å². The molecule has 0 aromatic heterocycles. The van der Waals surface area contributed by atoms with Gasteiger partial charge in [0.15, 0.2) is 0 Å². The van der Waals surface area contributed by atoms with Crippen molar-refractivity contribution in [3.63, 3.8) is 0 Å². The van der Waals surface area contributed by atoms with E-state index in [9.17, 15) is 4.79 Å². The lowest BCUT2D eigenvalue weighted by Gasteiger charge is -2.24. The number of ether oxygens (including phenoxy) is 1. The number of amides is 1. The zero-order valence-electron chi connectivity index (χ0n) is 8.08. The van der Waals surface area contributed by atoms with E-state index in [1.165, 1.54) is 4.90 Å². The fraction of sp³-hybridized carbons (Fsp3) is 0.875. The highest BCUT2D eigenvalue weighted by atomic mass is 35.5. The van der Waals surface area contributed by atoms with E-state index in [1.807, 2.05) is 0 Å². The van der Waals surface area contributed by atoms with Gasteiger partial charge in [-0.25, -0.2) is 4.79 Å². The maximum Gasteiger partial charge on any atom is 0.409 e. The van der Waals surface area contributed by atoms with E-state index in [0.717, 1.165) is 25.9 Å². The van der Waals surface area contributed by atoms with Crippen LogP contribution < -0.4 is 5.32 Å². The molecule has 1 aliphatic heterocycles. The molecule has 0 bridgehead atoms. The van der Waals surface area contributed by atoms with Crippen molar-refractivity contribution in [1.29, 1.82) is 0 Å². The Morgan fingerprint density at radius 1 is 1.54 bits per heavy atom. The highest BCUT2D eigenvalue weighted by Crippen LogP contribution is 2.06. The molecule has 1 rings (SSSR count). The molecule has 1 aliphatic rings. The second-order valence-corrected chi connectivity index (χ2v) is 3.25. The molecule has 0 aromatic rings. The van der Waals surface area contributed by atoms with Crippen LogP contribution in [0.3, 0.4) is 0 Å². The molecule has 0 radical (unpaired) electrons. The topological polar surface area (TPSA) is 41.6 Å². The van der Waals surface area contributed by atoms with Gasteiger partial charge in [-0.3, -0.25) is 0 Å². The average Bonchev–Trinajstić information content (AvgIpc) is 2.06. The standard InChI is InChI=1S/C8H16N2O2.ClH/c1-10(2)8(11)12-7-4-3-5-9-6-7;/h7,9H,3-6H2,1-2H3;1H. The van der Waals surface area contributed by atoms with E-state index in [4.69, 9.17) is 4.74 Å². The minimum absolute atomic E-state index is 0. The van der Waals surface area contributed by atoms with Crippen LogP contribution in [-0.4, -0.2) is 44.3 Å². The molecule has 1 saturated heterocycles. The van der Waals surface area contributed by atoms with Gasteiger partial charge in [0.25, 0.3) is 0 Å². The molecular formula is C8H17ClN2O2. The molecule has 0 saturated carbocycles. The van der Waals surface area contributed by atoms with Gasteiger partial charge < -0.3 is 15.0 Å². The van der Waals surface area contributed by atoms with Crippen LogP contribution in [0.25, 0.3) is 0 Å². The predicted octanol–water partition coefficient (Wildman–Crippen LogP) is 0.858. The van der Waals surface area contributed by atoms with Gasteiger partial charge in [-0.15, -0.1) is 12.4 Å². The first-order chi connectivity index (χ1) is 5.70. The summed E-state index contributed by atoms with van der Waals surface area (Å²) < 4.78 is 5.18. The van der Waals surface area contributed by atoms with E-state index in [1.54, 1.807) is 14.1 Å². The molecule has 78 valence electrons. The molecule has 13 heavy (non-hydrogen) atoms. The first-order valence-corrected chi connectivity index (χ1v) is 4.29. The molecular weight excluding hydrogens is 192 g/mol. The molecule has 1 N–H and O–H groups in total. The summed E-state index contributed by atoms with van der Waals surface area (Å²) in [6.07, 6.45) is 1.88. The number of hydrogen-bond donors (Lipinski definition) is 1. The number of carbonyl (C=O) groups excluding carboxylic acids is 1. The molecule has 1 fully saturated rings. The van der Waals surface area contributed by atoms with Crippen LogP contribution in [0, 0.1) is 0 Å². The van der Waals surface area contributed by atoms with Crippen LogP contribution in [0.4, 0.5) is 4.79 Å². The summed E-state index contributed by atoms with van der Waals surface area (Å²) in [6, 6.07) is 0. The molecule has 0 aromatic carbocycles. The number of hydrogen-bond acceptors (Lipinski definition) is 3. The Labute approximate surface area is 85.0 Å². The molecule has 5 heteroatoms. The van der Waals surface area contributed by atoms with Gasteiger partial charge in [0, 0.05) is 20.6 Å². The predicted molar refractivity (Wildman–Crippen MR) is 53.3 cm³/mol. The molecule has 1 heterocycles. The van der Waals surface area contributed by atoms with E-state index >= 15 is 0 Å². The van der Waals surface area contributed by atoms with Crippen LogP contribution in [0.15, 0.2) is 0 Å². The number of piperidine rings is 1. The first kappa shape index (κ1) is 12.5. The largest absolute Gasteiger partial charge is 0.445 e. The molecule has 1 atom stereocenters.